The third kappa shape index (κ3) is 2.83. The van der Waals surface area contributed by atoms with E-state index < -0.39 is 12.0 Å². The van der Waals surface area contributed by atoms with Crippen molar-refractivity contribution in [2.45, 2.75) is 12.5 Å². The maximum atomic E-state index is 10.9. The van der Waals surface area contributed by atoms with Crippen molar-refractivity contribution in [2.75, 3.05) is 7.11 Å². The average Bonchev–Trinajstić information content (AvgIpc) is 2.18. The van der Waals surface area contributed by atoms with Crippen LogP contribution in [0.4, 0.5) is 0 Å². The molecule has 2 N–H and O–H groups in total. The Morgan fingerprint density at radius 3 is 3.08 bits per heavy atom. The Morgan fingerprint density at radius 1 is 1.77 bits per heavy atom. The number of pyridine rings is 1. The Balaban J connectivity index is 2.55. The van der Waals surface area contributed by atoms with E-state index in [9.17, 15) is 4.79 Å². The number of nitrogens with zero attached hydrogens (tertiary/aromatic N) is 1. The molecule has 13 heavy (non-hydrogen) atoms. The number of carbonyl (C=O) groups is 1. The second-order valence-electron chi connectivity index (χ2n) is 2.70. The Hall–Kier alpha value is -1.42. The van der Waals surface area contributed by atoms with Crippen LogP contribution in [0.25, 0.3) is 0 Å². The number of methoxy groups -OCH3 is 1. The highest BCUT2D eigenvalue weighted by Crippen LogP contribution is 2.00. The molecule has 0 saturated carbocycles. The summed E-state index contributed by atoms with van der Waals surface area (Å²) in [4.78, 5) is 14.9. The van der Waals surface area contributed by atoms with Gasteiger partial charge in [-0.1, -0.05) is 6.07 Å². The fourth-order valence-electron chi connectivity index (χ4n) is 1.01. The van der Waals surface area contributed by atoms with E-state index in [0.29, 0.717) is 6.42 Å². The molecule has 0 aliphatic heterocycles. The number of rotatable bonds is 3. The van der Waals surface area contributed by atoms with E-state index in [1.165, 1.54) is 7.11 Å². The van der Waals surface area contributed by atoms with Gasteiger partial charge in [0.2, 0.25) is 0 Å². The van der Waals surface area contributed by atoms with Gasteiger partial charge in [0.1, 0.15) is 6.04 Å². The normalized spacial score (nSPS) is 12.2. The van der Waals surface area contributed by atoms with Crippen molar-refractivity contribution in [3.63, 3.8) is 0 Å². The molecule has 0 unspecified atom stereocenters. The molecule has 0 spiro atoms. The molecule has 0 bridgehead atoms. The van der Waals surface area contributed by atoms with Gasteiger partial charge in [0.15, 0.2) is 0 Å². The van der Waals surface area contributed by atoms with E-state index in [0.717, 1.165) is 5.56 Å². The molecule has 1 atom stereocenters. The van der Waals surface area contributed by atoms with Crippen molar-refractivity contribution in [3.05, 3.63) is 30.1 Å². The Kier molecular flexibility index (Phi) is 3.40. The lowest BCUT2D eigenvalue weighted by atomic mass is 10.1. The van der Waals surface area contributed by atoms with Crippen molar-refractivity contribution in [1.29, 1.82) is 0 Å². The second kappa shape index (κ2) is 4.57. The standard InChI is InChI=1S/C9H12N2O2/c1-13-9(12)8(10)5-7-3-2-4-11-6-7/h2-4,6,8H,5,10H2,1H3/t8-/m1/s1. The van der Waals surface area contributed by atoms with Gasteiger partial charge >= 0.3 is 5.97 Å². The first kappa shape index (κ1) is 9.67. The van der Waals surface area contributed by atoms with Crippen LogP contribution in [0.1, 0.15) is 5.56 Å². The molecular formula is C9H12N2O2. The summed E-state index contributed by atoms with van der Waals surface area (Å²) in [6.45, 7) is 0. The molecule has 0 aromatic carbocycles. The Labute approximate surface area is 76.7 Å². The zero-order chi connectivity index (χ0) is 9.68. The predicted molar refractivity (Wildman–Crippen MR) is 47.9 cm³/mol. The molecule has 4 nitrogen and oxygen atoms in total. The first-order valence-corrected chi connectivity index (χ1v) is 3.96. The van der Waals surface area contributed by atoms with Crippen molar-refractivity contribution < 1.29 is 9.53 Å². The van der Waals surface area contributed by atoms with Gasteiger partial charge in [-0.15, -0.1) is 0 Å². The van der Waals surface area contributed by atoms with Crippen molar-refractivity contribution in [2.24, 2.45) is 5.73 Å². The fourth-order valence-corrected chi connectivity index (χ4v) is 1.01. The zero-order valence-corrected chi connectivity index (χ0v) is 7.43. The molecule has 70 valence electrons. The SMILES string of the molecule is COC(=O)[C@H](N)Cc1cccnc1. The van der Waals surface area contributed by atoms with Gasteiger partial charge in [-0.25, -0.2) is 0 Å². The third-order valence-electron chi connectivity index (χ3n) is 1.68. The monoisotopic (exact) mass is 180 g/mol. The smallest absolute Gasteiger partial charge is 0.322 e. The van der Waals surface area contributed by atoms with Gasteiger partial charge in [-0.3, -0.25) is 9.78 Å². The van der Waals surface area contributed by atoms with Gasteiger partial charge in [0.05, 0.1) is 7.11 Å². The fraction of sp³-hybridized carbons (Fsp3) is 0.333. The summed E-state index contributed by atoms with van der Waals surface area (Å²) < 4.78 is 4.50. The summed E-state index contributed by atoms with van der Waals surface area (Å²) in [5.41, 5.74) is 6.49. The molecule has 1 rings (SSSR count). The molecule has 1 aromatic rings. The van der Waals surface area contributed by atoms with Crippen molar-refractivity contribution >= 4 is 5.97 Å². The van der Waals surface area contributed by atoms with E-state index in [1.54, 1.807) is 18.5 Å². The van der Waals surface area contributed by atoms with Crippen LogP contribution in [0.2, 0.25) is 0 Å². The zero-order valence-electron chi connectivity index (χ0n) is 7.43. The van der Waals surface area contributed by atoms with Crippen LogP contribution in [-0.4, -0.2) is 24.1 Å². The lowest BCUT2D eigenvalue weighted by molar-refractivity contribution is -0.142. The number of nitrogens with two attached hydrogens (primary N) is 1. The highest BCUT2D eigenvalue weighted by molar-refractivity contribution is 5.75. The molecule has 1 heterocycles. The van der Waals surface area contributed by atoms with Gasteiger partial charge in [0.25, 0.3) is 0 Å². The summed E-state index contributed by atoms with van der Waals surface area (Å²) in [7, 11) is 1.32. The molecule has 1 aromatic heterocycles. The minimum atomic E-state index is -0.603. The van der Waals surface area contributed by atoms with Crippen molar-refractivity contribution in [3.8, 4) is 0 Å². The summed E-state index contributed by atoms with van der Waals surface area (Å²) >= 11 is 0. The second-order valence-corrected chi connectivity index (χ2v) is 2.70. The van der Waals surface area contributed by atoms with E-state index >= 15 is 0 Å². The van der Waals surface area contributed by atoms with E-state index in [2.05, 4.69) is 9.72 Å². The molecule has 0 saturated heterocycles. The predicted octanol–water partition coefficient (Wildman–Crippen LogP) is 0.124. The minimum Gasteiger partial charge on any atom is -0.468 e. The van der Waals surface area contributed by atoms with Crippen LogP contribution < -0.4 is 5.73 Å². The molecule has 4 heteroatoms. The average molecular weight is 180 g/mol. The highest BCUT2D eigenvalue weighted by atomic mass is 16.5. The number of aromatic nitrogens is 1. The van der Waals surface area contributed by atoms with Crippen LogP contribution in [0.3, 0.4) is 0 Å². The van der Waals surface area contributed by atoms with Gasteiger partial charge in [-0.2, -0.15) is 0 Å². The van der Waals surface area contributed by atoms with E-state index in [4.69, 9.17) is 5.73 Å². The lowest BCUT2D eigenvalue weighted by Crippen LogP contribution is -2.33. The topological polar surface area (TPSA) is 65.2 Å². The number of esters is 1. The number of carbonyl (C=O) groups excluding carboxylic acids is 1. The third-order valence-corrected chi connectivity index (χ3v) is 1.68. The van der Waals surface area contributed by atoms with Gasteiger partial charge in [0, 0.05) is 12.4 Å². The minimum absolute atomic E-state index is 0.399. The molecule has 0 amide bonds. The summed E-state index contributed by atoms with van der Waals surface area (Å²) in [6.07, 6.45) is 3.82. The lowest BCUT2D eigenvalue weighted by Gasteiger charge is -2.07. The van der Waals surface area contributed by atoms with E-state index in [1.807, 2.05) is 6.07 Å². The summed E-state index contributed by atoms with van der Waals surface area (Å²) in [6, 6.07) is 3.07. The first-order chi connectivity index (χ1) is 6.24. The number of ether oxygens (including phenoxy) is 1. The van der Waals surface area contributed by atoms with Crippen LogP contribution in [0, 0.1) is 0 Å². The van der Waals surface area contributed by atoms with Crippen LogP contribution in [0.15, 0.2) is 24.5 Å². The summed E-state index contributed by atoms with van der Waals surface area (Å²) in [5, 5.41) is 0. The number of hydrogen-bond donors (Lipinski definition) is 1. The largest absolute Gasteiger partial charge is 0.468 e. The van der Waals surface area contributed by atoms with Crippen molar-refractivity contribution in [1.82, 2.24) is 4.98 Å². The number of hydrogen-bond acceptors (Lipinski definition) is 4. The Bertz CT molecular complexity index is 274. The summed E-state index contributed by atoms with van der Waals surface area (Å²) in [5.74, 6) is -0.399. The highest BCUT2D eigenvalue weighted by Gasteiger charge is 2.13. The quantitative estimate of drug-likeness (QED) is 0.671. The van der Waals surface area contributed by atoms with Crippen LogP contribution in [0.5, 0.6) is 0 Å². The molecule has 0 aliphatic rings. The van der Waals surface area contributed by atoms with Crippen LogP contribution >= 0.6 is 0 Å². The maximum Gasteiger partial charge on any atom is 0.322 e. The molecule has 0 fully saturated rings. The molecular weight excluding hydrogens is 168 g/mol. The first-order valence-electron chi connectivity index (χ1n) is 3.96. The molecule has 0 radical (unpaired) electrons. The molecule has 0 aliphatic carbocycles. The Morgan fingerprint density at radius 2 is 2.54 bits per heavy atom. The maximum absolute atomic E-state index is 10.9. The van der Waals surface area contributed by atoms with Gasteiger partial charge < -0.3 is 10.5 Å². The van der Waals surface area contributed by atoms with Crippen LogP contribution in [-0.2, 0) is 16.0 Å². The van der Waals surface area contributed by atoms with Gasteiger partial charge in [-0.05, 0) is 18.1 Å². The van der Waals surface area contributed by atoms with E-state index in [-0.39, 0.29) is 0 Å².